The van der Waals surface area contributed by atoms with Gasteiger partial charge in [0.05, 0.1) is 6.04 Å². The Morgan fingerprint density at radius 3 is 2.86 bits per heavy atom. The van der Waals surface area contributed by atoms with Gasteiger partial charge < -0.3 is 11.5 Å². The molecule has 0 bridgehead atoms. The Morgan fingerprint density at radius 1 is 1.57 bits per heavy atom. The Kier molecular flexibility index (Phi) is 4.35. The Labute approximate surface area is 85.6 Å². The van der Waals surface area contributed by atoms with Crippen molar-refractivity contribution < 1.29 is 4.79 Å². The molecule has 1 amide bonds. The molecule has 4 nitrogen and oxygen atoms in total. The van der Waals surface area contributed by atoms with Crippen molar-refractivity contribution in [2.24, 2.45) is 11.5 Å². The third kappa shape index (κ3) is 2.69. The summed E-state index contributed by atoms with van der Waals surface area (Å²) in [7, 11) is 0. The zero-order valence-electron chi connectivity index (χ0n) is 8.91. The lowest BCUT2D eigenvalue weighted by Gasteiger charge is -2.38. The standard InChI is InChI=1S/C10H21N3O/c1-8(5-6-11)13-7-3-2-4-9(13)10(12)14/h8-9H,2-7,11H2,1H3,(H2,12,14). The Bertz CT molecular complexity index is 196. The van der Waals surface area contributed by atoms with E-state index in [1.807, 2.05) is 0 Å². The number of primary amides is 1. The Balaban J connectivity index is 2.57. The summed E-state index contributed by atoms with van der Waals surface area (Å²) >= 11 is 0. The van der Waals surface area contributed by atoms with Gasteiger partial charge in [-0.05, 0) is 39.3 Å². The SMILES string of the molecule is CC(CCN)N1CCCCC1C(N)=O. The zero-order valence-corrected chi connectivity index (χ0v) is 8.91. The van der Waals surface area contributed by atoms with Crippen LogP contribution in [0.25, 0.3) is 0 Å². The molecule has 0 radical (unpaired) electrons. The maximum Gasteiger partial charge on any atom is 0.234 e. The van der Waals surface area contributed by atoms with Crippen LogP contribution in [0.2, 0.25) is 0 Å². The third-order valence-corrected chi connectivity index (χ3v) is 3.02. The van der Waals surface area contributed by atoms with E-state index in [4.69, 9.17) is 11.5 Å². The fourth-order valence-electron chi connectivity index (χ4n) is 2.19. The summed E-state index contributed by atoms with van der Waals surface area (Å²) in [6, 6.07) is 0.308. The predicted octanol–water partition coefficient (Wildman–Crippen LogP) is 0.0635. The van der Waals surface area contributed by atoms with Crippen LogP contribution >= 0.6 is 0 Å². The second-order valence-corrected chi connectivity index (χ2v) is 4.08. The van der Waals surface area contributed by atoms with Crippen LogP contribution in [0.15, 0.2) is 0 Å². The molecule has 1 heterocycles. The van der Waals surface area contributed by atoms with Crippen molar-refractivity contribution in [3.05, 3.63) is 0 Å². The van der Waals surface area contributed by atoms with E-state index >= 15 is 0 Å². The van der Waals surface area contributed by atoms with Crippen LogP contribution in [-0.4, -0.2) is 36.0 Å². The minimum Gasteiger partial charge on any atom is -0.368 e. The summed E-state index contributed by atoms with van der Waals surface area (Å²) in [5, 5.41) is 0. The van der Waals surface area contributed by atoms with Crippen LogP contribution in [-0.2, 0) is 4.79 Å². The number of hydrogen-bond acceptors (Lipinski definition) is 3. The molecular weight excluding hydrogens is 178 g/mol. The predicted molar refractivity (Wildman–Crippen MR) is 56.7 cm³/mol. The van der Waals surface area contributed by atoms with Gasteiger partial charge in [-0.25, -0.2) is 0 Å². The number of nitrogens with zero attached hydrogens (tertiary/aromatic N) is 1. The lowest BCUT2D eigenvalue weighted by atomic mass is 9.98. The molecule has 14 heavy (non-hydrogen) atoms. The molecule has 0 aliphatic carbocycles. The quantitative estimate of drug-likeness (QED) is 0.672. The highest BCUT2D eigenvalue weighted by atomic mass is 16.1. The van der Waals surface area contributed by atoms with Crippen molar-refractivity contribution in [1.29, 1.82) is 0 Å². The fourth-order valence-corrected chi connectivity index (χ4v) is 2.19. The number of likely N-dealkylation sites (tertiary alicyclic amines) is 1. The fraction of sp³-hybridized carbons (Fsp3) is 0.900. The molecular formula is C10H21N3O. The van der Waals surface area contributed by atoms with Gasteiger partial charge in [-0.15, -0.1) is 0 Å². The van der Waals surface area contributed by atoms with Crippen LogP contribution < -0.4 is 11.5 Å². The van der Waals surface area contributed by atoms with Crippen molar-refractivity contribution in [1.82, 2.24) is 4.90 Å². The van der Waals surface area contributed by atoms with Crippen LogP contribution in [0, 0.1) is 0 Å². The number of carbonyl (C=O) groups is 1. The monoisotopic (exact) mass is 199 g/mol. The van der Waals surface area contributed by atoms with Crippen molar-refractivity contribution in [2.75, 3.05) is 13.1 Å². The van der Waals surface area contributed by atoms with Crippen LogP contribution in [0.4, 0.5) is 0 Å². The second-order valence-electron chi connectivity index (χ2n) is 4.08. The molecule has 0 aromatic rings. The molecule has 0 aromatic heterocycles. The summed E-state index contributed by atoms with van der Waals surface area (Å²) in [4.78, 5) is 13.4. The molecule has 2 unspecified atom stereocenters. The van der Waals surface area contributed by atoms with Gasteiger partial charge in [0.2, 0.25) is 5.91 Å². The summed E-state index contributed by atoms with van der Waals surface area (Å²) in [5.74, 6) is -0.187. The minimum absolute atomic E-state index is 0.0645. The van der Waals surface area contributed by atoms with Crippen molar-refractivity contribution in [2.45, 2.75) is 44.7 Å². The van der Waals surface area contributed by atoms with Crippen molar-refractivity contribution in [3.8, 4) is 0 Å². The van der Waals surface area contributed by atoms with Gasteiger partial charge >= 0.3 is 0 Å². The number of rotatable bonds is 4. The molecule has 1 rings (SSSR count). The maximum atomic E-state index is 11.2. The lowest BCUT2D eigenvalue weighted by Crippen LogP contribution is -2.51. The highest BCUT2D eigenvalue weighted by Crippen LogP contribution is 2.20. The van der Waals surface area contributed by atoms with Gasteiger partial charge in [-0.3, -0.25) is 9.69 Å². The van der Waals surface area contributed by atoms with E-state index < -0.39 is 0 Å². The number of nitrogens with two attached hydrogens (primary N) is 2. The molecule has 82 valence electrons. The van der Waals surface area contributed by atoms with E-state index in [0.29, 0.717) is 12.6 Å². The van der Waals surface area contributed by atoms with Crippen LogP contribution in [0.5, 0.6) is 0 Å². The smallest absolute Gasteiger partial charge is 0.234 e. The molecule has 0 saturated carbocycles. The summed E-state index contributed by atoms with van der Waals surface area (Å²) in [6.07, 6.45) is 4.12. The highest BCUT2D eigenvalue weighted by Gasteiger charge is 2.29. The molecule has 1 saturated heterocycles. The van der Waals surface area contributed by atoms with Gasteiger partial charge in [0, 0.05) is 6.04 Å². The average molecular weight is 199 g/mol. The second kappa shape index (κ2) is 5.32. The Hall–Kier alpha value is -0.610. The first-order valence-electron chi connectivity index (χ1n) is 5.42. The minimum atomic E-state index is -0.187. The molecule has 4 heteroatoms. The van der Waals surface area contributed by atoms with Crippen molar-refractivity contribution in [3.63, 3.8) is 0 Å². The topological polar surface area (TPSA) is 72.3 Å². The molecule has 0 spiro atoms. The normalized spacial score (nSPS) is 26.0. The highest BCUT2D eigenvalue weighted by molar-refractivity contribution is 5.79. The van der Waals surface area contributed by atoms with Crippen LogP contribution in [0.1, 0.15) is 32.6 Å². The summed E-state index contributed by atoms with van der Waals surface area (Å²) < 4.78 is 0. The number of hydrogen-bond donors (Lipinski definition) is 2. The summed E-state index contributed by atoms with van der Waals surface area (Å²) in [5.41, 5.74) is 10.9. The van der Waals surface area contributed by atoms with E-state index in [1.165, 1.54) is 6.42 Å². The Morgan fingerprint density at radius 2 is 2.29 bits per heavy atom. The molecule has 1 fully saturated rings. The molecule has 1 aliphatic rings. The molecule has 1 aliphatic heterocycles. The van der Waals surface area contributed by atoms with E-state index in [0.717, 1.165) is 25.8 Å². The van der Waals surface area contributed by atoms with Gasteiger partial charge in [0.15, 0.2) is 0 Å². The largest absolute Gasteiger partial charge is 0.368 e. The molecule has 4 N–H and O–H groups in total. The van der Waals surface area contributed by atoms with E-state index in [2.05, 4.69) is 11.8 Å². The molecule has 2 atom stereocenters. The number of piperidine rings is 1. The maximum absolute atomic E-state index is 11.2. The number of amides is 1. The van der Waals surface area contributed by atoms with Gasteiger partial charge in [0.1, 0.15) is 0 Å². The van der Waals surface area contributed by atoms with Crippen LogP contribution in [0.3, 0.4) is 0 Å². The summed E-state index contributed by atoms with van der Waals surface area (Å²) in [6.45, 7) is 3.77. The average Bonchev–Trinajstić information content (AvgIpc) is 2.18. The van der Waals surface area contributed by atoms with Gasteiger partial charge in [0.25, 0.3) is 0 Å². The van der Waals surface area contributed by atoms with E-state index in [9.17, 15) is 4.79 Å². The zero-order chi connectivity index (χ0) is 10.6. The lowest BCUT2D eigenvalue weighted by molar-refractivity contribution is -0.125. The molecule has 0 aromatic carbocycles. The van der Waals surface area contributed by atoms with Gasteiger partial charge in [-0.1, -0.05) is 6.42 Å². The first kappa shape index (κ1) is 11.5. The number of carbonyl (C=O) groups excluding carboxylic acids is 1. The van der Waals surface area contributed by atoms with E-state index in [1.54, 1.807) is 0 Å². The van der Waals surface area contributed by atoms with Crippen molar-refractivity contribution >= 4 is 5.91 Å². The van der Waals surface area contributed by atoms with E-state index in [-0.39, 0.29) is 11.9 Å². The van der Waals surface area contributed by atoms with Gasteiger partial charge in [-0.2, -0.15) is 0 Å². The third-order valence-electron chi connectivity index (χ3n) is 3.02. The first-order chi connectivity index (χ1) is 6.66. The first-order valence-corrected chi connectivity index (χ1v) is 5.42.